The number of benzene rings is 1. The maximum atomic E-state index is 10.6. The fourth-order valence-corrected chi connectivity index (χ4v) is 3.20. The average Bonchev–Trinajstić information content (AvgIpc) is 3.17. The van der Waals surface area contributed by atoms with Gasteiger partial charge in [-0.05, 0) is 43.4 Å². The van der Waals surface area contributed by atoms with E-state index in [1.807, 2.05) is 12.1 Å². The van der Waals surface area contributed by atoms with Crippen molar-refractivity contribution in [2.24, 2.45) is 5.92 Å². The fourth-order valence-electron chi connectivity index (χ4n) is 3.20. The molecule has 2 N–H and O–H groups in total. The van der Waals surface area contributed by atoms with Crippen molar-refractivity contribution >= 4 is 0 Å². The van der Waals surface area contributed by atoms with Crippen LogP contribution in [0.1, 0.15) is 44.7 Å². The Morgan fingerprint density at radius 3 is 2.77 bits per heavy atom. The number of rotatable bonds is 5. The molecule has 1 saturated carbocycles. The van der Waals surface area contributed by atoms with Crippen LogP contribution in [0, 0.1) is 5.92 Å². The first-order valence-corrected chi connectivity index (χ1v) is 7.99. The summed E-state index contributed by atoms with van der Waals surface area (Å²) >= 11 is 0. The molecule has 3 rings (SSSR count). The summed E-state index contributed by atoms with van der Waals surface area (Å²) in [6.07, 6.45) is 6.37. The largest absolute Gasteiger partial charge is 0.388 e. The van der Waals surface area contributed by atoms with Crippen molar-refractivity contribution in [1.82, 2.24) is 20.1 Å². The van der Waals surface area contributed by atoms with Crippen LogP contribution in [0.5, 0.6) is 0 Å². The smallest absolute Gasteiger partial charge is 0.138 e. The average molecular weight is 300 g/mol. The van der Waals surface area contributed by atoms with E-state index in [-0.39, 0.29) is 6.04 Å². The molecular weight excluding hydrogens is 276 g/mol. The molecule has 0 aliphatic heterocycles. The normalized spacial score (nSPS) is 26.2. The Morgan fingerprint density at radius 1 is 1.41 bits per heavy atom. The van der Waals surface area contributed by atoms with E-state index < -0.39 is 5.60 Å². The zero-order valence-electron chi connectivity index (χ0n) is 13.2. The van der Waals surface area contributed by atoms with Crippen LogP contribution in [-0.2, 0) is 0 Å². The summed E-state index contributed by atoms with van der Waals surface area (Å²) in [6, 6.07) is 8.47. The van der Waals surface area contributed by atoms with Crippen LogP contribution < -0.4 is 5.32 Å². The monoisotopic (exact) mass is 300 g/mol. The van der Waals surface area contributed by atoms with Crippen molar-refractivity contribution in [1.29, 1.82) is 0 Å². The molecule has 0 amide bonds. The standard InChI is InChI=1S/C17H24N4O/c1-13-4-3-9-17(13,22)10-19-14(2)15-5-7-16(8-6-15)21-12-18-11-20-21/h5-8,11-14,19,22H,3-4,9-10H2,1-2H3. The predicted octanol–water partition coefficient (Wildman–Crippen LogP) is 2.47. The summed E-state index contributed by atoms with van der Waals surface area (Å²) in [6.45, 7) is 4.93. The molecule has 5 heteroatoms. The summed E-state index contributed by atoms with van der Waals surface area (Å²) in [5.74, 6) is 0.377. The van der Waals surface area contributed by atoms with Crippen LogP contribution in [-0.4, -0.2) is 32.0 Å². The third-order valence-corrected chi connectivity index (χ3v) is 4.95. The predicted molar refractivity (Wildman–Crippen MR) is 85.7 cm³/mol. The molecule has 3 unspecified atom stereocenters. The lowest BCUT2D eigenvalue weighted by Crippen LogP contribution is -2.43. The summed E-state index contributed by atoms with van der Waals surface area (Å²) in [4.78, 5) is 3.96. The van der Waals surface area contributed by atoms with Crippen LogP contribution in [0.25, 0.3) is 5.69 Å². The molecule has 1 aromatic carbocycles. The number of hydrogen-bond donors (Lipinski definition) is 2. The first-order chi connectivity index (χ1) is 10.6. The SMILES string of the molecule is CC(NCC1(O)CCCC1C)c1ccc(-n2cncn2)cc1. The van der Waals surface area contributed by atoms with Gasteiger partial charge in [0.15, 0.2) is 0 Å². The maximum Gasteiger partial charge on any atom is 0.138 e. The Kier molecular flexibility index (Phi) is 4.27. The number of nitrogens with zero attached hydrogens (tertiary/aromatic N) is 3. The molecule has 2 aromatic rings. The van der Waals surface area contributed by atoms with Gasteiger partial charge in [-0.15, -0.1) is 0 Å². The Hall–Kier alpha value is -1.72. The second kappa shape index (κ2) is 6.18. The van der Waals surface area contributed by atoms with Gasteiger partial charge in [0.1, 0.15) is 12.7 Å². The molecule has 0 radical (unpaired) electrons. The Balaban J connectivity index is 1.61. The van der Waals surface area contributed by atoms with Gasteiger partial charge in [-0.25, -0.2) is 9.67 Å². The second-order valence-corrected chi connectivity index (χ2v) is 6.43. The molecule has 22 heavy (non-hydrogen) atoms. The van der Waals surface area contributed by atoms with Gasteiger partial charge in [-0.1, -0.05) is 25.5 Å². The van der Waals surface area contributed by atoms with Gasteiger partial charge in [0.05, 0.1) is 11.3 Å². The number of hydrogen-bond acceptors (Lipinski definition) is 4. The van der Waals surface area contributed by atoms with Crippen LogP contribution >= 0.6 is 0 Å². The van der Waals surface area contributed by atoms with Gasteiger partial charge in [-0.2, -0.15) is 5.10 Å². The highest BCUT2D eigenvalue weighted by molar-refractivity contribution is 5.34. The lowest BCUT2D eigenvalue weighted by Gasteiger charge is -2.30. The zero-order valence-corrected chi connectivity index (χ0v) is 13.2. The van der Waals surface area contributed by atoms with Crippen LogP contribution in [0.3, 0.4) is 0 Å². The molecule has 0 bridgehead atoms. The van der Waals surface area contributed by atoms with Gasteiger partial charge < -0.3 is 10.4 Å². The van der Waals surface area contributed by atoms with Gasteiger partial charge >= 0.3 is 0 Å². The summed E-state index contributed by atoms with van der Waals surface area (Å²) < 4.78 is 1.74. The Labute approximate surface area is 131 Å². The van der Waals surface area contributed by atoms with Crippen molar-refractivity contribution in [3.8, 4) is 5.69 Å². The van der Waals surface area contributed by atoms with Crippen LogP contribution in [0.4, 0.5) is 0 Å². The number of aromatic nitrogens is 3. The van der Waals surface area contributed by atoms with Crippen LogP contribution in [0.15, 0.2) is 36.9 Å². The minimum Gasteiger partial charge on any atom is -0.388 e. The highest BCUT2D eigenvalue weighted by Gasteiger charge is 2.37. The molecule has 1 aromatic heterocycles. The van der Waals surface area contributed by atoms with E-state index in [9.17, 15) is 5.11 Å². The van der Waals surface area contributed by atoms with E-state index >= 15 is 0 Å². The molecule has 1 fully saturated rings. The van der Waals surface area contributed by atoms with E-state index in [0.29, 0.717) is 12.5 Å². The summed E-state index contributed by atoms with van der Waals surface area (Å²) in [5, 5.41) is 18.2. The van der Waals surface area contributed by atoms with E-state index in [1.54, 1.807) is 11.0 Å². The van der Waals surface area contributed by atoms with Crippen molar-refractivity contribution < 1.29 is 5.11 Å². The highest BCUT2D eigenvalue weighted by atomic mass is 16.3. The quantitative estimate of drug-likeness (QED) is 0.890. The van der Waals surface area contributed by atoms with Gasteiger partial charge in [0, 0.05) is 12.6 Å². The molecule has 1 aliphatic rings. The van der Waals surface area contributed by atoms with E-state index in [4.69, 9.17) is 0 Å². The molecule has 0 saturated heterocycles. The minimum absolute atomic E-state index is 0.210. The Morgan fingerprint density at radius 2 is 2.18 bits per heavy atom. The van der Waals surface area contributed by atoms with E-state index in [0.717, 1.165) is 24.9 Å². The molecule has 5 nitrogen and oxygen atoms in total. The van der Waals surface area contributed by atoms with Crippen molar-refractivity contribution in [2.75, 3.05) is 6.54 Å². The molecule has 1 heterocycles. The summed E-state index contributed by atoms with van der Waals surface area (Å²) in [7, 11) is 0. The highest BCUT2D eigenvalue weighted by Crippen LogP contribution is 2.35. The topological polar surface area (TPSA) is 63.0 Å². The fraction of sp³-hybridized carbons (Fsp3) is 0.529. The summed E-state index contributed by atoms with van der Waals surface area (Å²) in [5.41, 5.74) is 1.66. The van der Waals surface area contributed by atoms with Gasteiger partial charge in [-0.3, -0.25) is 0 Å². The van der Waals surface area contributed by atoms with Crippen molar-refractivity contribution in [3.63, 3.8) is 0 Å². The van der Waals surface area contributed by atoms with Crippen LogP contribution in [0.2, 0.25) is 0 Å². The molecule has 0 spiro atoms. The molecule has 3 atom stereocenters. The minimum atomic E-state index is -0.547. The lowest BCUT2D eigenvalue weighted by molar-refractivity contribution is 0.00793. The molecular formula is C17H24N4O. The third kappa shape index (κ3) is 3.05. The molecule has 1 aliphatic carbocycles. The number of nitrogens with one attached hydrogen (secondary N) is 1. The first kappa shape index (κ1) is 15.2. The van der Waals surface area contributed by atoms with Gasteiger partial charge in [0.2, 0.25) is 0 Å². The maximum absolute atomic E-state index is 10.6. The Bertz CT molecular complexity index is 596. The van der Waals surface area contributed by atoms with Crippen molar-refractivity contribution in [2.45, 2.75) is 44.8 Å². The second-order valence-electron chi connectivity index (χ2n) is 6.43. The van der Waals surface area contributed by atoms with Gasteiger partial charge in [0.25, 0.3) is 0 Å². The van der Waals surface area contributed by atoms with E-state index in [1.165, 1.54) is 11.9 Å². The third-order valence-electron chi connectivity index (χ3n) is 4.95. The van der Waals surface area contributed by atoms with E-state index in [2.05, 4.69) is 41.4 Å². The first-order valence-electron chi connectivity index (χ1n) is 7.99. The molecule has 118 valence electrons. The lowest BCUT2D eigenvalue weighted by atomic mass is 9.92. The number of aliphatic hydroxyl groups is 1. The van der Waals surface area contributed by atoms with Crippen molar-refractivity contribution in [3.05, 3.63) is 42.5 Å². The zero-order chi connectivity index (χ0) is 15.6.